The molecule has 0 fully saturated rings. The maximum absolute atomic E-state index is 12.9. The number of halogens is 1. The zero-order valence-electron chi connectivity index (χ0n) is 11.1. The van der Waals surface area contributed by atoms with Crippen LogP contribution in [0.3, 0.4) is 0 Å². The highest BCUT2D eigenvalue weighted by molar-refractivity contribution is 5.97. The van der Waals surface area contributed by atoms with Crippen molar-refractivity contribution in [2.24, 2.45) is 0 Å². The van der Waals surface area contributed by atoms with Gasteiger partial charge in [0.1, 0.15) is 11.6 Å². The second kappa shape index (κ2) is 7.19. The van der Waals surface area contributed by atoms with Crippen molar-refractivity contribution < 1.29 is 23.5 Å². The number of benzene rings is 2. The van der Waals surface area contributed by atoms with Gasteiger partial charge < -0.3 is 9.47 Å². The van der Waals surface area contributed by atoms with Crippen LogP contribution < -0.4 is 4.74 Å². The number of ketones is 1. The Hall–Kier alpha value is -2.69. The molecule has 0 bridgehead atoms. The fourth-order valence-corrected chi connectivity index (χ4v) is 1.59. The molecule has 0 N–H and O–H groups in total. The normalized spacial score (nSPS) is 9.95. The summed E-state index contributed by atoms with van der Waals surface area (Å²) in [6.45, 7) is -0.735. The Bertz CT molecular complexity index is 625. The molecule has 0 aliphatic carbocycles. The predicted molar refractivity (Wildman–Crippen MR) is 73.6 cm³/mol. The predicted octanol–water partition coefficient (Wildman–Crippen LogP) is 2.63. The third-order valence-corrected chi connectivity index (χ3v) is 2.61. The number of hydrogen-bond acceptors (Lipinski definition) is 4. The molecule has 4 nitrogen and oxygen atoms in total. The third-order valence-electron chi connectivity index (χ3n) is 2.61. The summed E-state index contributed by atoms with van der Waals surface area (Å²) in [5, 5.41) is 0. The SMILES string of the molecule is O=C(COc1cccc(F)c1)OCC(=O)c1ccccc1. The minimum Gasteiger partial charge on any atom is -0.482 e. The van der Waals surface area contributed by atoms with E-state index in [-0.39, 0.29) is 24.7 Å². The molecule has 0 saturated carbocycles. The number of ether oxygens (including phenoxy) is 2. The minimum atomic E-state index is -0.691. The van der Waals surface area contributed by atoms with Crippen molar-refractivity contribution >= 4 is 11.8 Å². The van der Waals surface area contributed by atoms with Crippen LogP contribution in [-0.4, -0.2) is 25.0 Å². The van der Waals surface area contributed by atoms with E-state index in [1.165, 1.54) is 18.2 Å². The quantitative estimate of drug-likeness (QED) is 0.605. The van der Waals surface area contributed by atoms with Gasteiger partial charge in [-0.1, -0.05) is 36.4 Å². The highest BCUT2D eigenvalue weighted by atomic mass is 19.1. The molecule has 2 rings (SSSR count). The van der Waals surface area contributed by atoms with E-state index >= 15 is 0 Å². The number of esters is 1. The summed E-state index contributed by atoms with van der Waals surface area (Å²) in [6, 6.07) is 13.9. The number of carbonyl (C=O) groups excluding carboxylic acids is 2. The van der Waals surface area contributed by atoms with Crippen molar-refractivity contribution in [2.75, 3.05) is 13.2 Å². The van der Waals surface area contributed by atoms with Gasteiger partial charge in [0.15, 0.2) is 19.0 Å². The van der Waals surface area contributed by atoms with E-state index in [2.05, 4.69) is 0 Å². The third kappa shape index (κ3) is 4.72. The molecule has 0 aromatic heterocycles. The second-order valence-electron chi connectivity index (χ2n) is 4.20. The summed E-state index contributed by atoms with van der Waals surface area (Å²) in [4.78, 5) is 23.1. The minimum absolute atomic E-state index is 0.223. The lowest BCUT2D eigenvalue weighted by Gasteiger charge is -2.06. The molecule has 0 saturated heterocycles. The van der Waals surface area contributed by atoms with Crippen LogP contribution >= 0.6 is 0 Å². The first-order valence-electron chi connectivity index (χ1n) is 6.27. The van der Waals surface area contributed by atoms with Crippen LogP contribution in [0.4, 0.5) is 4.39 Å². The largest absolute Gasteiger partial charge is 0.482 e. The maximum atomic E-state index is 12.9. The Kier molecular flexibility index (Phi) is 5.04. The lowest BCUT2D eigenvalue weighted by molar-refractivity contribution is -0.144. The van der Waals surface area contributed by atoms with Gasteiger partial charge in [-0.3, -0.25) is 4.79 Å². The Balaban J connectivity index is 1.76. The summed E-state index contributed by atoms with van der Waals surface area (Å²) in [5.41, 5.74) is 0.469. The zero-order chi connectivity index (χ0) is 15.1. The van der Waals surface area contributed by atoms with Crippen LogP contribution in [0.15, 0.2) is 54.6 Å². The van der Waals surface area contributed by atoms with Gasteiger partial charge >= 0.3 is 5.97 Å². The summed E-state index contributed by atoms with van der Waals surface area (Å²) >= 11 is 0. The number of rotatable bonds is 6. The van der Waals surface area contributed by atoms with Crippen LogP contribution in [0.1, 0.15) is 10.4 Å². The first-order valence-corrected chi connectivity index (χ1v) is 6.27. The summed E-state index contributed by atoms with van der Waals surface area (Å²) in [7, 11) is 0. The van der Waals surface area contributed by atoms with E-state index < -0.39 is 11.8 Å². The van der Waals surface area contributed by atoms with Crippen LogP contribution in [-0.2, 0) is 9.53 Å². The molecule has 21 heavy (non-hydrogen) atoms. The Labute approximate surface area is 121 Å². The molecule has 108 valence electrons. The molecule has 0 amide bonds. The Morgan fingerprint density at radius 2 is 1.71 bits per heavy atom. The molecule has 0 spiro atoms. The van der Waals surface area contributed by atoms with Crippen LogP contribution in [0, 0.1) is 5.82 Å². The van der Waals surface area contributed by atoms with E-state index in [1.807, 2.05) is 0 Å². The number of carbonyl (C=O) groups is 2. The molecule has 0 radical (unpaired) electrons. The van der Waals surface area contributed by atoms with Crippen molar-refractivity contribution in [2.45, 2.75) is 0 Å². The van der Waals surface area contributed by atoms with Crippen molar-refractivity contribution in [1.29, 1.82) is 0 Å². The van der Waals surface area contributed by atoms with Gasteiger partial charge in [0.25, 0.3) is 0 Å². The van der Waals surface area contributed by atoms with Gasteiger partial charge in [-0.05, 0) is 12.1 Å². The lowest BCUT2D eigenvalue weighted by Crippen LogP contribution is -2.19. The molecule has 0 unspecified atom stereocenters. The molecule has 0 heterocycles. The Morgan fingerprint density at radius 1 is 0.952 bits per heavy atom. The van der Waals surface area contributed by atoms with Crippen LogP contribution in [0.25, 0.3) is 0 Å². The number of Topliss-reactive ketones (excluding diaryl/α,β-unsaturated/α-hetero) is 1. The van der Waals surface area contributed by atoms with Gasteiger partial charge in [0, 0.05) is 11.6 Å². The summed E-state index contributed by atoms with van der Waals surface area (Å²) in [6.07, 6.45) is 0. The average Bonchev–Trinajstić information content (AvgIpc) is 2.51. The van der Waals surface area contributed by atoms with E-state index in [1.54, 1.807) is 30.3 Å². The fraction of sp³-hybridized carbons (Fsp3) is 0.125. The first kappa shape index (κ1) is 14.7. The van der Waals surface area contributed by atoms with Crippen molar-refractivity contribution in [3.05, 3.63) is 66.0 Å². The van der Waals surface area contributed by atoms with Gasteiger partial charge in [-0.2, -0.15) is 0 Å². The lowest BCUT2D eigenvalue weighted by atomic mass is 10.1. The van der Waals surface area contributed by atoms with Crippen molar-refractivity contribution in [1.82, 2.24) is 0 Å². The standard InChI is InChI=1S/C16H13FO4/c17-13-7-4-8-14(9-13)20-11-16(19)21-10-15(18)12-5-2-1-3-6-12/h1-9H,10-11H2. The number of hydrogen-bond donors (Lipinski definition) is 0. The second-order valence-corrected chi connectivity index (χ2v) is 4.20. The zero-order valence-corrected chi connectivity index (χ0v) is 11.1. The summed E-state index contributed by atoms with van der Waals surface area (Å²) in [5.74, 6) is -1.22. The van der Waals surface area contributed by atoms with E-state index in [9.17, 15) is 14.0 Å². The van der Waals surface area contributed by atoms with Crippen molar-refractivity contribution in [3.8, 4) is 5.75 Å². The highest BCUT2D eigenvalue weighted by Gasteiger charge is 2.10. The molecule has 0 aliphatic rings. The van der Waals surface area contributed by atoms with E-state index in [4.69, 9.17) is 9.47 Å². The average molecular weight is 288 g/mol. The first-order chi connectivity index (χ1) is 10.1. The highest BCUT2D eigenvalue weighted by Crippen LogP contribution is 2.11. The maximum Gasteiger partial charge on any atom is 0.344 e. The smallest absolute Gasteiger partial charge is 0.344 e. The van der Waals surface area contributed by atoms with Crippen molar-refractivity contribution in [3.63, 3.8) is 0 Å². The molecule has 5 heteroatoms. The van der Waals surface area contributed by atoms with Gasteiger partial charge in [-0.15, -0.1) is 0 Å². The van der Waals surface area contributed by atoms with Crippen LogP contribution in [0.5, 0.6) is 5.75 Å². The van der Waals surface area contributed by atoms with E-state index in [0.29, 0.717) is 5.56 Å². The monoisotopic (exact) mass is 288 g/mol. The molecule has 0 atom stereocenters. The fourth-order valence-electron chi connectivity index (χ4n) is 1.59. The molecule has 2 aromatic carbocycles. The van der Waals surface area contributed by atoms with Gasteiger partial charge in [0.05, 0.1) is 0 Å². The van der Waals surface area contributed by atoms with Gasteiger partial charge in [0.2, 0.25) is 0 Å². The molecular weight excluding hydrogens is 275 g/mol. The van der Waals surface area contributed by atoms with E-state index in [0.717, 1.165) is 6.07 Å². The molecule has 2 aromatic rings. The molecular formula is C16H13FO4. The van der Waals surface area contributed by atoms with Crippen LogP contribution in [0.2, 0.25) is 0 Å². The summed E-state index contributed by atoms with van der Waals surface area (Å²) < 4.78 is 22.8. The Morgan fingerprint density at radius 3 is 2.43 bits per heavy atom. The van der Waals surface area contributed by atoms with Gasteiger partial charge in [-0.25, -0.2) is 9.18 Å². The topological polar surface area (TPSA) is 52.6 Å². The molecule has 0 aliphatic heterocycles.